The predicted octanol–water partition coefficient (Wildman–Crippen LogP) is 3.90. The summed E-state index contributed by atoms with van der Waals surface area (Å²) in [6.07, 6.45) is 1.99. The minimum Gasteiger partial charge on any atom is -0.439 e. The average molecular weight is 276 g/mol. The number of aliphatic hydroxyl groups is 1. The van der Waals surface area contributed by atoms with Gasteiger partial charge < -0.3 is 9.84 Å². The van der Waals surface area contributed by atoms with Crippen molar-refractivity contribution in [1.82, 2.24) is 4.98 Å². The van der Waals surface area contributed by atoms with Crippen molar-refractivity contribution in [2.45, 2.75) is 25.4 Å². The Bertz CT molecular complexity index is 586. The molecule has 1 aliphatic carbocycles. The molecule has 2 aromatic rings. The SMILES string of the molecule is OC1CCCc2c(Cl)cc(Oc3ccccc3)nc21. The lowest BCUT2D eigenvalue weighted by atomic mass is 9.94. The van der Waals surface area contributed by atoms with Crippen LogP contribution in [0.4, 0.5) is 0 Å². The molecule has 3 nitrogen and oxygen atoms in total. The summed E-state index contributed by atoms with van der Waals surface area (Å²) >= 11 is 6.25. The van der Waals surface area contributed by atoms with Crippen molar-refractivity contribution in [2.24, 2.45) is 0 Å². The van der Waals surface area contributed by atoms with Crippen molar-refractivity contribution in [3.05, 3.63) is 52.7 Å². The van der Waals surface area contributed by atoms with Gasteiger partial charge in [0.2, 0.25) is 5.88 Å². The molecule has 1 N–H and O–H groups in total. The zero-order chi connectivity index (χ0) is 13.2. The minimum atomic E-state index is -0.541. The Morgan fingerprint density at radius 3 is 2.84 bits per heavy atom. The van der Waals surface area contributed by atoms with Crippen LogP contribution in [0.2, 0.25) is 5.02 Å². The van der Waals surface area contributed by atoms with Crippen molar-refractivity contribution in [1.29, 1.82) is 0 Å². The Morgan fingerprint density at radius 1 is 1.26 bits per heavy atom. The molecule has 0 saturated carbocycles. The molecule has 1 aromatic carbocycles. The summed E-state index contributed by atoms with van der Waals surface area (Å²) < 4.78 is 5.67. The van der Waals surface area contributed by atoms with Crippen LogP contribution in [0.1, 0.15) is 30.2 Å². The van der Waals surface area contributed by atoms with Crippen LogP contribution in [0.15, 0.2) is 36.4 Å². The maximum atomic E-state index is 10.00. The molecule has 0 radical (unpaired) electrons. The summed E-state index contributed by atoms with van der Waals surface area (Å²) in [4.78, 5) is 4.39. The number of hydrogen-bond acceptors (Lipinski definition) is 3. The number of hydrogen-bond donors (Lipinski definition) is 1. The number of nitrogens with zero attached hydrogens (tertiary/aromatic N) is 1. The second-order valence-corrected chi connectivity index (χ2v) is 5.04. The van der Waals surface area contributed by atoms with Gasteiger partial charge in [0, 0.05) is 6.07 Å². The molecule has 1 aliphatic rings. The summed E-state index contributed by atoms with van der Waals surface area (Å²) in [6.45, 7) is 0. The first-order valence-electron chi connectivity index (χ1n) is 6.34. The molecule has 0 bridgehead atoms. The van der Waals surface area contributed by atoms with Gasteiger partial charge in [0.15, 0.2) is 0 Å². The normalized spacial score (nSPS) is 17.9. The standard InChI is InChI=1S/C15H14ClNO2/c16-12-9-14(19-10-5-2-1-3-6-10)17-15-11(12)7-4-8-13(15)18/h1-3,5-6,9,13,18H,4,7-8H2. The Labute approximate surface area is 116 Å². The molecule has 98 valence electrons. The van der Waals surface area contributed by atoms with E-state index in [1.165, 1.54) is 0 Å². The van der Waals surface area contributed by atoms with Gasteiger partial charge in [0.05, 0.1) is 16.8 Å². The van der Waals surface area contributed by atoms with Crippen LogP contribution in [0, 0.1) is 0 Å². The molecular formula is C15H14ClNO2. The summed E-state index contributed by atoms with van der Waals surface area (Å²) in [5.41, 5.74) is 1.60. The number of benzene rings is 1. The number of ether oxygens (including phenoxy) is 1. The second kappa shape index (κ2) is 5.19. The Morgan fingerprint density at radius 2 is 2.05 bits per heavy atom. The van der Waals surface area contributed by atoms with Gasteiger partial charge in [-0.15, -0.1) is 0 Å². The van der Waals surface area contributed by atoms with Gasteiger partial charge in [0.1, 0.15) is 5.75 Å². The van der Waals surface area contributed by atoms with Gasteiger partial charge in [-0.3, -0.25) is 0 Å². The Hall–Kier alpha value is -1.58. The highest BCUT2D eigenvalue weighted by Crippen LogP contribution is 2.35. The van der Waals surface area contributed by atoms with E-state index in [9.17, 15) is 5.11 Å². The van der Waals surface area contributed by atoms with Crippen LogP contribution in [0.25, 0.3) is 0 Å². The molecule has 0 saturated heterocycles. The van der Waals surface area contributed by atoms with Crippen LogP contribution in [-0.4, -0.2) is 10.1 Å². The van der Waals surface area contributed by atoms with Crippen LogP contribution < -0.4 is 4.74 Å². The number of aliphatic hydroxyl groups excluding tert-OH is 1. The van der Waals surface area contributed by atoms with Crippen LogP contribution in [0.3, 0.4) is 0 Å². The lowest BCUT2D eigenvalue weighted by Crippen LogP contribution is -2.12. The lowest BCUT2D eigenvalue weighted by Gasteiger charge is -2.21. The third kappa shape index (κ3) is 2.57. The van der Waals surface area contributed by atoms with E-state index in [1.54, 1.807) is 6.07 Å². The molecule has 19 heavy (non-hydrogen) atoms. The molecule has 1 unspecified atom stereocenters. The zero-order valence-corrected chi connectivity index (χ0v) is 11.1. The van der Waals surface area contributed by atoms with Gasteiger partial charge >= 0.3 is 0 Å². The topological polar surface area (TPSA) is 42.4 Å². The van der Waals surface area contributed by atoms with Gasteiger partial charge in [0.25, 0.3) is 0 Å². The number of rotatable bonds is 2. The molecule has 0 fully saturated rings. The monoisotopic (exact) mass is 275 g/mol. The van der Waals surface area contributed by atoms with Crippen molar-refractivity contribution >= 4 is 11.6 Å². The maximum absolute atomic E-state index is 10.00. The quantitative estimate of drug-likeness (QED) is 0.904. The van der Waals surface area contributed by atoms with E-state index >= 15 is 0 Å². The number of para-hydroxylation sites is 1. The molecule has 1 heterocycles. The fraction of sp³-hybridized carbons (Fsp3) is 0.267. The smallest absolute Gasteiger partial charge is 0.221 e. The molecule has 0 spiro atoms. The zero-order valence-electron chi connectivity index (χ0n) is 10.3. The van der Waals surface area contributed by atoms with Gasteiger partial charge in [-0.25, -0.2) is 4.98 Å². The van der Waals surface area contributed by atoms with Crippen molar-refractivity contribution in [3.8, 4) is 11.6 Å². The van der Waals surface area contributed by atoms with Crippen LogP contribution >= 0.6 is 11.6 Å². The fourth-order valence-corrected chi connectivity index (χ4v) is 2.61. The van der Waals surface area contributed by atoms with Gasteiger partial charge in [-0.1, -0.05) is 29.8 Å². The average Bonchev–Trinajstić information content (AvgIpc) is 2.41. The van der Waals surface area contributed by atoms with Crippen molar-refractivity contribution in [3.63, 3.8) is 0 Å². The van der Waals surface area contributed by atoms with Crippen LogP contribution in [-0.2, 0) is 6.42 Å². The van der Waals surface area contributed by atoms with E-state index in [4.69, 9.17) is 16.3 Å². The first-order chi connectivity index (χ1) is 9.24. The fourth-order valence-electron chi connectivity index (χ4n) is 2.33. The highest BCUT2D eigenvalue weighted by atomic mass is 35.5. The third-order valence-electron chi connectivity index (χ3n) is 3.26. The van der Waals surface area contributed by atoms with E-state index in [0.29, 0.717) is 22.3 Å². The number of pyridine rings is 1. The number of aromatic nitrogens is 1. The molecular weight excluding hydrogens is 262 g/mol. The second-order valence-electron chi connectivity index (χ2n) is 4.63. The van der Waals surface area contributed by atoms with E-state index in [0.717, 1.165) is 24.8 Å². The highest BCUT2D eigenvalue weighted by molar-refractivity contribution is 6.31. The third-order valence-corrected chi connectivity index (χ3v) is 3.60. The van der Waals surface area contributed by atoms with Gasteiger partial charge in [-0.2, -0.15) is 0 Å². The molecule has 4 heteroatoms. The Balaban J connectivity index is 1.95. The summed E-state index contributed by atoms with van der Waals surface area (Å²) in [6, 6.07) is 11.1. The molecule has 0 amide bonds. The molecule has 3 rings (SSSR count). The molecule has 1 aromatic heterocycles. The minimum absolute atomic E-state index is 0.427. The summed E-state index contributed by atoms with van der Waals surface area (Å²) in [5, 5.41) is 10.6. The molecule has 1 atom stereocenters. The van der Waals surface area contributed by atoms with E-state index in [1.807, 2.05) is 30.3 Å². The summed E-state index contributed by atoms with van der Waals surface area (Å²) in [5.74, 6) is 1.13. The molecule has 0 aliphatic heterocycles. The lowest BCUT2D eigenvalue weighted by molar-refractivity contribution is 0.150. The van der Waals surface area contributed by atoms with Crippen molar-refractivity contribution in [2.75, 3.05) is 0 Å². The van der Waals surface area contributed by atoms with E-state index < -0.39 is 6.10 Å². The summed E-state index contributed by atoms with van der Waals surface area (Å²) in [7, 11) is 0. The van der Waals surface area contributed by atoms with E-state index in [-0.39, 0.29) is 0 Å². The highest BCUT2D eigenvalue weighted by Gasteiger charge is 2.23. The first-order valence-corrected chi connectivity index (χ1v) is 6.72. The Kier molecular flexibility index (Phi) is 3.40. The largest absolute Gasteiger partial charge is 0.439 e. The van der Waals surface area contributed by atoms with E-state index in [2.05, 4.69) is 4.98 Å². The first kappa shape index (κ1) is 12.5. The number of halogens is 1. The van der Waals surface area contributed by atoms with Gasteiger partial charge in [-0.05, 0) is 37.0 Å². The van der Waals surface area contributed by atoms with Crippen molar-refractivity contribution < 1.29 is 9.84 Å². The predicted molar refractivity (Wildman–Crippen MR) is 73.7 cm³/mol. The maximum Gasteiger partial charge on any atom is 0.221 e. The van der Waals surface area contributed by atoms with Crippen LogP contribution in [0.5, 0.6) is 11.6 Å². The number of fused-ring (bicyclic) bond motifs is 1.